The van der Waals surface area contributed by atoms with Gasteiger partial charge in [0.05, 0.1) is 27.5 Å². The van der Waals surface area contributed by atoms with Crippen LogP contribution in [0.25, 0.3) is 0 Å². The third-order valence-electron chi connectivity index (χ3n) is 4.87. The van der Waals surface area contributed by atoms with Crippen LogP contribution in [0.4, 0.5) is 20.6 Å². The van der Waals surface area contributed by atoms with Gasteiger partial charge in [0.15, 0.2) is 5.82 Å². The number of nitrogens with zero attached hydrogens (tertiary/aromatic N) is 3. The monoisotopic (exact) mass is 458 g/mol. The Hall–Kier alpha value is -3.31. The highest BCUT2D eigenvalue weighted by molar-refractivity contribution is 6.31. The number of hydrogen-bond acceptors (Lipinski definition) is 5. The third-order valence-corrected chi connectivity index (χ3v) is 5.16. The summed E-state index contributed by atoms with van der Waals surface area (Å²) >= 11 is 5.76. The van der Waals surface area contributed by atoms with E-state index < -0.39 is 17.3 Å². The molecule has 2 amide bonds. The van der Waals surface area contributed by atoms with Gasteiger partial charge in [-0.2, -0.15) is 5.26 Å². The molecular formula is C23H24ClFN4O3. The molecule has 1 fully saturated rings. The van der Waals surface area contributed by atoms with Crippen LogP contribution >= 0.6 is 11.6 Å². The lowest BCUT2D eigenvalue weighted by Crippen LogP contribution is -2.50. The zero-order valence-electron chi connectivity index (χ0n) is 18.1. The first-order valence-electron chi connectivity index (χ1n) is 10.1. The van der Waals surface area contributed by atoms with Gasteiger partial charge in [0.2, 0.25) is 0 Å². The molecule has 0 aliphatic carbocycles. The van der Waals surface area contributed by atoms with E-state index in [1.54, 1.807) is 23.1 Å². The van der Waals surface area contributed by atoms with E-state index in [-0.39, 0.29) is 27.9 Å². The van der Waals surface area contributed by atoms with Crippen molar-refractivity contribution in [1.82, 2.24) is 4.90 Å². The minimum atomic E-state index is -0.820. The molecule has 0 unspecified atom stereocenters. The SMILES string of the molecule is CC(C)(C)OC(=O)N1CCN(c2cccc(NC(=O)c3cccc(Cl)c3F)c2C#N)CC1. The van der Waals surface area contributed by atoms with Crippen LogP contribution in [0.15, 0.2) is 36.4 Å². The van der Waals surface area contributed by atoms with Crippen molar-refractivity contribution in [2.24, 2.45) is 0 Å². The molecule has 0 spiro atoms. The Labute approximate surface area is 191 Å². The zero-order valence-corrected chi connectivity index (χ0v) is 18.9. The normalized spacial score (nSPS) is 14.0. The quantitative estimate of drug-likeness (QED) is 0.722. The smallest absolute Gasteiger partial charge is 0.410 e. The van der Waals surface area contributed by atoms with E-state index in [0.29, 0.717) is 31.9 Å². The lowest BCUT2D eigenvalue weighted by molar-refractivity contribution is 0.0240. The Bertz CT molecular complexity index is 1070. The molecule has 7 nitrogen and oxygen atoms in total. The molecule has 3 rings (SSSR count). The summed E-state index contributed by atoms with van der Waals surface area (Å²) in [5.74, 6) is -1.52. The van der Waals surface area contributed by atoms with Gasteiger partial charge in [-0.05, 0) is 45.0 Å². The van der Waals surface area contributed by atoms with Gasteiger partial charge in [-0.15, -0.1) is 0 Å². The van der Waals surface area contributed by atoms with Gasteiger partial charge < -0.3 is 19.9 Å². The molecule has 1 aliphatic rings. The molecule has 0 saturated carbocycles. The van der Waals surface area contributed by atoms with Crippen molar-refractivity contribution < 1.29 is 18.7 Å². The van der Waals surface area contributed by atoms with Gasteiger partial charge in [-0.25, -0.2) is 9.18 Å². The van der Waals surface area contributed by atoms with Crippen molar-refractivity contribution in [2.45, 2.75) is 26.4 Å². The number of nitrogens with one attached hydrogen (secondary N) is 1. The molecule has 0 bridgehead atoms. The predicted octanol–water partition coefficient (Wildman–Crippen LogP) is 4.66. The minimum absolute atomic E-state index is 0.158. The van der Waals surface area contributed by atoms with Crippen LogP contribution in [0.2, 0.25) is 5.02 Å². The van der Waals surface area contributed by atoms with Crippen molar-refractivity contribution in [3.05, 3.63) is 58.4 Å². The fourth-order valence-corrected chi connectivity index (χ4v) is 3.53. The molecule has 0 radical (unpaired) electrons. The number of halogens is 2. The Kier molecular flexibility index (Phi) is 6.90. The summed E-state index contributed by atoms with van der Waals surface area (Å²) < 4.78 is 19.6. The number of benzene rings is 2. The number of anilines is 2. The summed E-state index contributed by atoms with van der Waals surface area (Å²) in [6.45, 7) is 7.30. The molecule has 2 aromatic carbocycles. The zero-order chi connectivity index (χ0) is 23.5. The first-order valence-corrected chi connectivity index (χ1v) is 10.5. The predicted molar refractivity (Wildman–Crippen MR) is 121 cm³/mol. The maximum atomic E-state index is 14.2. The lowest BCUT2D eigenvalue weighted by atomic mass is 10.1. The van der Waals surface area contributed by atoms with E-state index in [4.69, 9.17) is 16.3 Å². The van der Waals surface area contributed by atoms with Gasteiger partial charge in [0, 0.05) is 26.2 Å². The largest absolute Gasteiger partial charge is 0.444 e. The van der Waals surface area contributed by atoms with Crippen LogP contribution in [0.3, 0.4) is 0 Å². The van der Waals surface area contributed by atoms with Gasteiger partial charge in [0.25, 0.3) is 5.91 Å². The van der Waals surface area contributed by atoms with Crippen LogP contribution in [-0.4, -0.2) is 48.7 Å². The van der Waals surface area contributed by atoms with Crippen molar-refractivity contribution in [1.29, 1.82) is 5.26 Å². The topological polar surface area (TPSA) is 85.7 Å². The summed E-state index contributed by atoms with van der Waals surface area (Å²) in [5.41, 5.74) is 0.369. The molecule has 2 aromatic rings. The average Bonchev–Trinajstić information content (AvgIpc) is 2.74. The van der Waals surface area contributed by atoms with Crippen LogP contribution in [0.1, 0.15) is 36.7 Å². The maximum absolute atomic E-state index is 14.2. The molecule has 1 aliphatic heterocycles. The Morgan fingerprint density at radius 3 is 2.41 bits per heavy atom. The third kappa shape index (κ3) is 5.29. The standard InChI is InChI=1S/C23H24ClFN4O3/c1-23(2,3)32-22(31)29-12-10-28(11-13-29)19-9-5-8-18(16(19)14-26)27-21(30)15-6-4-7-17(24)20(15)25/h4-9H,10-13H2,1-3H3,(H,27,30). The first kappa shape index (κ1) is 23.4. The highest BCUT2D eigenvalue weighted by Gasteiger charge is 2.27. The number of piperazine rings is 1. The molecule has 9 heteroatoms. The second kappa shape index (κ2) is 9.45. The Morgan fingerprint density at radius 2 is 1.78 bits per heavy atom. The number of amides is 2. The van der Waals surface area contributed by atoms with Gasteiger partial charge in [-0.3, -0.25) is 4.79 Å². The van der Waals surface area contributed by atoms with Crippen molar-refractivity contribution in [3.63, 3.8) is 0 Å². The van der Waals surface area contributed by atoms with Crippen molar-refractivity contribution in [3.8, 4) is 6.07 Å². The van der Waals surface area contributed by atoms with Gasteiger partial charge in [-0.1, -0.05) is 23.7 Å². The Balaban J connectivity index is 1.75. The summed E-state index contributed by atoms with van der Waals surface area (Å²) in [7, 11) is 0. The highest BCUT2D eigenvalue weighted by atomic mass is 35.5. The summed E-state index contributed by atoms with van der Waals surface area (Å²) in [4.78, 5) is 28.5. The molecule has 1 saturated heterocycles. The molecular weight excluding hydrogens is 435 g/mol. The number of nitriles is 1. The molecule has 32 heavy (non-hydrogen) atoms. The van der Waals surface area contributed by atoms with E-state index in [1.807, 2.05) is 25.7 Å². The Morgan fingerprint density at radius 1 is 1.12 bits per heavy atom. The van der Waals surface area contributed by atoms with Crippen molar-refractivity contribution >= 4 is 35.0 Å². The van der Waals surface area contributed by atoms with Crippen LogP contribution < -0.4 is 10.2 Å². The van der Waals surface area contributed by atoms with Crippen LogP contribution in [0, 0.1) is 17.1 Å². The van der Waals surface area contributed by atoms with Crippen LogP contribution in [0.5, 0.6) is 0 Å². The number of rotatable bonds is 3. The second-order valence-electron chi connectivity index (χ2n) is 8.32. The average molecular weight is 459 g/mol. The van der Waals surface area contributed by atoms with E-state index in [1.165, 1.54) is 18.2 Å². The maximum Gasteiger partial charge on any atom is 0.410 e. The lowest BCUT2D eigenvalue weighted by Gasteiger charge is -2.37. The van der Waals surface area contributed by atoms with Gasteiger partial charge >= 0.3 is 6.09 Å². The molecule has 0 aromatic heterocycles. The van der Waals surface area contributed by atoms with Crippen LogP contribution in [-0.2, 0) is 4.74 Å². The van der Waals surface area contributed by atoms with E-state index in [9.17, 15) is 19.2 Å². The molecule has 1 N–H and O–H groups in total. The van der Waals surface area contributed by atoms with E-state index >= 15 is 0 Å². The second-order valence-corrected chi connectivity index (χ2v) is 8.73. The minimum Gasteiger partial charge on any atom is -0.444 e. The highest BCUT2D eigenvalue weighted by Crippen LogP contribution is 2.29. The number of carbonyl (C=O) groups excluding carboxylic acids is 2. The fraction of sp³-hybridized carbons (Fsp3) is 0.348. The fourth-order valence-electron chi connectivity index (χ4n) is 3.35. The summed E-state index contributed by atoms with van der Waals surface area (Å²) in [5, 5.41) is 12.2. The summed E-state index contributed by atoms with van der Waals surface area (Å²) in [6.07, 6.45) is -0.373. The summed E-state index contributed by atoms with van der Waals surface area (Å²) in [6, 6.07) is 11.3. The van der Waals surface area contributed by atoms with E-state index in [2.05, 4.69) is 11.4 Å². The molecule has 1 heterocycles. The number of hydrogen-bond donors (Lipinski definition) is 1. The van der Waals surface area contributed by atoms with E-state index in [0.717, 1.165) is 0 Å². The molecule has 0 atom stereocenters. The first-order chi connectivity index (χ1) is 15.1. The number of ether oxygens (including phenoxy) is 1. The van der Waals surface area contributed by atoms with Gasteiger partial charge in [0.1, 0.15) is 11.7 Å². The molecule has 168 valence electrons. The van der Waals surface area contributed by atoms with Crippen molar-refractivity contribution in [2.75, 3.05) is 36.4 Å². The number of carbonyl (C=O) groups is 2.